The highest BCUT2D eigenvalue weighted by Gasteiger charge is 2.38. The normalized spacial score (nSPS) is 20.6. The van der Waals surface area contributed by atoms with Gasteiger partial charge < -0.3 is 4.74 Å². The lowest BCUT2D eigenvalue weighted by Gasteiger charge is -2.18. The van der Waals surface area contributed by atoms with E-state index in [9.17, 15) is 16.8 Å². The van der Waals surface area contributed by atoms with Gasteiger partial charge in [-0.1, -0.05) is 12.1 Å². The molecule has 1 saturated heterocycles. The van der Waals surface area contributed by atoms with Gasteiger partial charge in [0.05, 0.1) is 11.9 Å². The summed E-state index contributed by atoms with van der Waals surface area (Å²) in [6, 6.07) is 6.40. The number of rotatable bonds is 5. The Morgan fingerprint density at radius 1 is 1.24 bits per heavy atom. The summed E-state index contributed by atoms with van der Waals surface area (Å²) in [5, 5.41) is -0.633. The van der Waals surface area contributed by atoms with Gasteiger partial charge in [-0.2, -0.15) is 4.31 Å². The van der Waals surface area contributed by atoms with E-state index in [1.165, 1.54) is 10.4 Å². The first-order chi connectivity index (χ1) is 9.76. The quantitative estimate of drug-likeness (QED) is 0.799. The van der Waals surface area contributed by atoms with Gasteiger partial charge in [-0.05, 0) is 25.5 Å². The Morgan fingerprint density at radius 3 is 2.48 bits per heavy atom. The molecule has 1 unspecified atom stereocenters. The highest BCUT2D eigenvalue weighted by Crippen LogP contribution is 2.29. The highest BCUT2D eigenvalue weighted by molar-refractivity contribution is 7.91. The van der Waals surface area contributed by atoms with Crippen LogP contribution in [0, 0.1) is 0 Å². The lowest BCUT2D eigenvalue weighted by Crippen LogP contribution is -2.31. The van der Waals surface area contributed by atoms with Crippen LogP contribution in [0.2, 0.25) is 0 Å². The molecule has 0 saturated carbocycles. The molecule has 1 atom stereocenters. The number of hydrogen-bond acceptors (Lipinski definition) is 5. The standard InChI is InChI=1S/C13H19NO5S2/c1-3-19-12-6-4-5-7-13(12)21(17,18)14-9-8-11(10-14)20(2,15)16/h4-7,11H,3,8-10H2,1-2H3. The summed E-state index contributed by atoms with van der Waals surface area (Å²) >= 11 is 0. The number of benzene rings is 1. The van der Waals surface area contributed by atoms with E-state index >= 15 is 0 Å². The summed E-state index contributed by atoms with van der Waals surface area (Å²) in [7, 11) is -6.98. The predicted molar refractivity (Wildman–Crippen MR) is 79.6 cm³/mol. The summed E-state index contributed by atoms with van der Waals surface area (Å²) in [4.78, 5) is 0.0843. The maximum Gasteiger partial charge on any atom is 0.246 e. The van der Waals surface area contributed by atoms with E-state index in [0.29, 0.717) is 18.8 Å². The molecule has 1 aromatic rings. The molecule has 8 heteroatoms. The molecule has 6 nitrogen and oxygen atoms in total. The molecule has 118 valence electrons. The number of sulfonamides is 1. The van der Waals surface area contributed by atoms with Gasteiger partial charge >= 0.3 is 0 Å². The Balaban J connectivity index is 2.32. The molecule has 0 aliphatic carbocycles. The van der Waals surface area contributed by atoms with E-state index < -0.39 is 25.1 Å². The van der Waals surface area contributed by atoms with Crippen molar-refractivity contribution in [3.05, 3.63) is 24.3 Å². The van der Waals surface area contributed by atoms with Crippen LogP contribution in [-0.4, -0.2) is 52.3 Å². The Bertz CT molecular complexity index is 712. The smallest absolute Gasteiger partial charge is 0.246 e. The van der Waals surface area contributed by atoms with E-state index in [2.05, 4.69) is 0 Å². The van der Waals surface area contributed by atoms with Crippen molar-refractivity contribution in [2.75, 3.05) is 26.0 Å². The third kappa shape index (κ3) is 3.38. The third-order valence-electron chi connectivity index (χ3n) is 3.48. The SMILES string of the molecule is CCOc1ccccc1S(=O)(=O)N1CCC(S(C)(=O)=O)C1. The van der Waals surface area contributed by atoms with Crippen LogP contribution in [0.3, 0.4) is 0 Å². The Kier molecular flexibility index (Phi) is 4.60. The zero-order valence-electron chi connectivity index (χ0n) is 12.0. The predicted octanol–water partition coefficient (Wildman–Crippen LogP) is 0.893. The summed E-state index contributed by atoms with van der Waals surface area (Å²) in [6.45, 7) is 2.35. The van der Waals surface area contributed by atoms with Gasteiger partial charge in [0.25, 0.3) is 0 Å². The minimum Gasteiger partial charge on any atom is -0.492 e. The van der Waals surface area contributed by atoms with Gasteiger partial charge in [0, 0.05) is 19.3 Å². The molecule has 0 radical (unpaired) electrons. The van der Waals surface area contributed by atoms with E-state index in [1.54, 1.807) is 25.1 Å². The Hall–Kier alpha value is -1.12. The second kappa shape index (κ2) is 5.94. The van der Waals surface area contributed by atoms with Crippen molar-refractivity contribution < 1.29 is 21.6 Å². The number of hydrogen-bond donors (Lipinski definition) is 0. The molecule has 21 heavy (non-hydrogen) atoms. The summed E-state index contributed by atoms with van der Waals surface area (Å²) < 4.78 is 55.0. The molecular weight excluding hydrogens is 314 g/mol. The highest BCUT2D eigenvalue weighted by atomic mass is 32.2. The largest absolute Gasteiger partial charge is 0.492 e. The van der Waals surface area contributed by atoms with Gasteiger partial charge in [0.15, 0.2) is 9.84 Å². The van der Waals surface area contributed by atoms with Crippen LogP contribution >= 0.6 is 0 Å². The molecule has 1 aromatic carbocycles. The monoisotopic (exact) mass is 333 g/mol. The van der Waals surface area contributed by atoms with Gasteiger partial charge in [0.1, 0.15) is 10.6 Å². The van der Waals surface area contributed by atoms with E-state index in [1.807, 2.05) is 0 Å². The van der Waals surface area contributed by atoms with Crippen molar-refractivity contribution in [3.63, 3.8) is 0 Å². The molecule has 0 aromatic heterocycles. The number of ether oxygens (including phenoxy) is 1. The first kappa shape index (κ1) is 16.3. The zero-order valence-corrected chi connectivity index (χ0v) is 13.7. The van der Waals surface area contributed by atoms with Crippen LogP contribution in [-0.2, 0) is 19.9 Å². The summed E-state index contributed by atoms with van der Waals surface area (Å²) in [5.41, 5.74) is 0. The fourth-order valence-electron chi connectivity index (χ4n) is 2.34. The third-order valence-corrected chi connectivity index (χ3v) is 6.98. The van der Waals surface area contributed by atoms with Crippen LogP contribution < -0.4 is 4.74 Å². The molecule has 1 fully saturated rings. The zero-order chi connectivity index (χ0) is 15.7. The van der Waals surface area contributed by atoms with E-state index in [-0.39, 0.29) is 18.0 Å². The fourth-order valence-corrected chi connectivity index (χ4v) is 5.05. The van der Waals surface area contributed by atoms with Crippen LogP contribution in [0.4, 0.5) is 0 Å². The van der Waals surface area contributed by atoms with Crippen LogP contribution in [0.25, 0.3) is 0 Å². The minimum atomic E-state index is -3.74. The van der Waals surface area contributed by atoms with Crippen LogP contribution in [0.1, 0.15) is 13.3 Å². The van der Waals surface area contributed by atoms with Crippen molar-refractivity contribution in [2.24, 2.45) is 0 Å². The molecule has 0 N–H and O–H groups in total. The van der Waals surface area contributed by atoms with Gasteiger partial charge in [-0.3, -0.25) is 0 Å². The molecule has 0 amide bonds. The molecular formula is C13H19NO5S2. The molecule has 0 spiro atoms. The minimum absolute atomic E-state index is 0.00161. The first-order valence-corrected chi connectivity index (χ1v) is 10.1. The van der Waals surface area contributed by atoms with Crippen molar-refractivity contribution >= 4 is 19.9 Å². The molecule has 2 rings (SSSR count). The Morgan fingerprint density at radius 2 is 1.90 bits per heavy atom. The van der Waals surface area contributed by atoms with Gasteiger partial charge in [0.2, 0.25) is 10.0 Å². The topological polar surface area (TPSA) is 80.8 Å². The maximum atomic E-state index is 12.7. The molecule has 1 heterocycles. The fraction of sp³-hybridized carbons (Fsp3) is 0.538. The van der Waals surface area contributed by atoms with Crippen molar-refractivity contribution in [1.82, 2.24) is 4.31 Å². The van der Waals surface area contributed by atoms with Gasteiger partial charge in [-0.15, -0.1) is 0 Å². The van der Waals surface area contributed by atoms with Crippen LogP contribution in [0.15, 0.2) is 29.2 Å². The maximum absolute atomic E-state index is 12.7. The van der Waals surface area contributed by atoms with Crippen molar-refractivity contribution in [3.8, 4) is 5.75 Å². The van der Waals surface area contributed by atoms with Crippen molar-refractivity contribution in [2.45, 2.75) is 23.5 Å². The number of para-hydroxylation sites is 1. The Labute approximate surface area is 125 Å². The molecule has 0 bridgehead atoms. The number of nitrogens with zero attached hydrogens (tertiary/aromatic N) is 1. The second-order valence-corrected chi connectivity index (χ2v) is 9.22. The van der Waals surface area contributed by atoms with Crippen molar-refractivity contribution in [1.29, 1.82) is 0 Å². The second-order valence-electron chi connectivity index (χ2n) is 4.98. The summed E-state index contributed by atoms with van der Waals surface area (Å²) in [6.07, 6.45) is 1.47. The number of sulfone groups is 1. The van der Waals surface area contributed by atoms with Crippen LogP contribution in [0.5, 0.6) is 5.75 Å². The first-order valence-electron chi connectivity index (χ1n) is 6.67. The summed E-state index contributed by atoms with van der Waals surface area (Å²) in [5.74, 6) is 0.294. The van der Waals surface area contributed by atoms with E-state index in [4.69, 9.17) is 4.74 Å². The molecule has 1 aliphatic heterocycles. The van der Waals surface area contributed by atoms with E-state index in [0.717, 1.165) is 6.26 Å². The lowest BCUT2D eigenvalue weighted by molar-refractivity contribution is 0.329. The lowest BCUT2D eigenvalue weighted by atomic mass is 10.3. The molecule has 1 aliphatic rings. The van der Waals surface area contributed by atoms with Gasteiger partial charge in [-0.25, -0.2) is 16.8 Å². The average molecular weight is 333 g/mol. The average Bonchev–Trinajstić information content (AvgIpc) is 2.90.